The zero-order valence-electron chi connectivity index (χ0n) is 25.4. The Labute approximate surface area is 255 Å². The Balaban J connectivity index is 1.56. The SMILES string of the molecule is CCN(C(=O)c1cccc2c1C(=O)OC21c2ccc(C)cc2Oc2cc(O)ccc21)C(C(=O)NCCCC(=O)OC)C(C)C. The molecule has 230 valence electrons. The molecule has 1 spiro atoms. The molecule has 5 rings (SSSR count). The van der Waals surface area contributed by atoms with Crippen LogP contribution in [0.5, 0.6) is 17.2 Å². The van der Waals surface area contributed by atoms with E-state index in [0.717, 1.165) is 5.56 Å². The van der Waals surface area contributed by atoms with E-state index in [1.165, 1.54) is 24.1 Å². The summed E-state index contributed by atoms with van der Waals surface area (Å²) in [4.78, 5) is 54.4. The number of aryl methyl sites for hydroxylation is 1. The van der Waals surface area contributed by atoms with Gasteiger partial charge in [0.1, 0.15) is 23.3 Å². The van der Waals surface area contributed by atoms with Gasteiger partial charge in [0.2, 0.25) is 5.91 Å². The second-order valence-corrected chi connectivity index (χ2v) is 11.3. The van der Waals surface area contributed by atoms with Gasteiger partial charge in [-0.1, -0.05) is 38.1 Å². The van der Waals surface area contributed by atoms with E-state index in [4.69, 9.17) is 9.47 Å². The number of amides is 2. The number of rotatable bonds is 9. The molecule has 2 unspecified atom stereocenters. The average Bonchev–Trinajstić information content (AvgIpc) is 3.29. The minimum Gasteiger partial charge on any atom is -0.508 e. The van der Waals surface area contributed by atoms with Crippen LogP contribution in [0.15, 0.2) is 54.6 Å². The molecule has 2 aliphatic rings. The Morgan fingerprint density at radius 2 is 1.73 bits per heavy atom. The first-order chi connectivity index (χ1) is 21.0. The van der Waals surface area contributed by atoms with Gasteiger partial charge in [-0.2, -0.15) is 0 Å². The van der Waals surface area contributed by atoms with Crippen LogP contribution >= 0.6 is 0 Å². The van der Waals surface area contributed by atoms with E-state index in [1.807, 2.05) is 39.0 Å². The Hall–Kier alpha value is -4.86. The molecule has 10 nitrogen and oxygen atoms in total. The molecule has 3 aromatic carbocycles. The summed E-state index contributed by atoms with van der Waals surface area (Å²) in [5.74, 6) is -1.34. The van der Waals surface area contributed by atoms with Gasteiger partial charge in [0, 0.05) is 42.3 Å². The number of hydrogen-bond donors (Lipinski definition) is 2. The van der Waals surface area contributed by atoms with E-state index in [0.29, 0.717) is 34.6 Å². The van der Waals surface area contributed by atoms with Crippen LogP contribution in [-0.4, -0.2) is 60.0 Å². The molecule has 0 saturated carbocycles. The van der Waals surface area contributed by atoms with Crippen molar-refractivity contribution in [1.29, 1.82) is 0 Å². The normalized spacial score (nSPS) is 16.7. The van der Waals surface area contributed by atoms with Gasteiger partial charge < -0.3 is 29.5 Å². The van der Waals surface area contributed by atoms with Crippen molar-refractivity contribution >= 4 is 23.8 Å². The molecule has 2 atom stereocenters. The van der Waals surface area contributed by atoms with Gasteiger partial charge in [-0.25, -0.2) is 4.79 Å². The molecule has 0 aliphatic carbocycles. The van der Waals surface area contributed by atoms with Crippen molar-refractivity contribution in [2.45, 2.75) is 52.2 Å². The largest absolute Gasteiger partial charge is 0.508 e. The van der Waals surface area contributed by atoms with Gasteiger partial charge >= 0.3 is 11.9 Å². The molecule has 0 radical (unpaired) electrons. The summed E-state index contributed by atoms with van der Waals surface area (Å²) in [6.45, 7) is 7.84. The van der Waals surface area contributed by atoms with Crippen molar-refractivity contribution in [3.8, 4) is 17.2 Å². The lowest BCUT2D eigenvalue weighted by atomic mass is 9.76. The minimum atomic E-state index is -1.42. The van der Waals surface area contributed by atoms with E-state index in [-0.39, 0.29) is 54.2 Å². The average molecular weight is 601 g/mol. The maximum Gasteiger partial charge on any atom is 0.340 e. The van der Waals surface area contributed by atoms with E-state index < -0.39 is 23.5 Å². The lowest BCUT2D eigenvalue weighted by Gasteiger charge is -2.36. The number of ether oxygens (including phenoxy) is 3. The van der Waals surface area contributed by atoms with Crippen molar-refractivity contribution in [1.82, 2.24) is 10.2 Å². The maximum absolute atomic E-state index is 14.3. The Morgan fingerprint density at radius 3 is 2.41 bits per heavy atom. The summed E-state index contributed by atoms with van der Waals surface area (Å²) < 4.78 is 17.1. The highest BCUT2D eigenvalue weighted by Crippen LogP contribution is 2.57. The fourth-order valence-electron chi connectivity index (χ4n) is 6.12. The van der Waals surface area contributed by atoms with Crippen LogP contribution in [0.2, 0.25) is 0 Å². The van der Waals surface area contributed by atoms with Crippen LogP contribution in [0.3, 0.4) is 0 Å². The van der Waals surface area contributed by atoms with Crippen LogP contribution in [0.1, 0.15) is 76.6 Å². The van der Waals surface area contributed by atoms with Gasteiger partial charge in [-0.05, 0) is 56.0 Å². The van der Waals surface area contributed by atoms with Crippen molar-refractivity contribution in [2.75, 3.05) is 20.2 Å². The number of nitrogens with one attached hydrogen (secondary N) is 1. The molecule has 0 bridgehead atoms. The Bertz CT molecular complexity index is 1590. The van der Waals surface area contributed by atoms with Crippen molar-refractivity contribution in [3.05, 3.63) is 88.0 Å². The molecule has 2 aliphatic heterocycles. The standard InChI is InChI=1S/C34H36N2O8/c1-6-36(30(19(2)3)31(39)35-16-8-11-28(38)42-5)32(40)22-9-7-10-25-29(22)33(41)44-34(25)23-14-12-20(4)17-26(23)43-27-18-21(37)13-15-24(27)34/h7,9-10,12-15,17-19,30,37H,6,8,11,16H2,1-5H3,(H,35,39). The quantitative estimate of drug-likeness (QED) is 0.264. The molecular weight excluding hydrogens is 564 g/mol. The molecule has 44 heavy (non-hydrogen) atoms. The molecule has 10 heteroatoms. The Kier molecular flexibility index (Phi) is 8.36. The summed E-state index contributed by atoms with van der Waals surface area (Å²) >= 11 is 0. The number of phenolic OH excluding ortho intramolecular Hbond substituents is 1. The third kappa shape index (κ3) is 5.14. The number of hydrogen-bond acceptors (Lipinski definition) is 8. The second kappa shape index (κ2) is 12.0. The highest BCUT2D eigenvalue weighted by atomic mass is 16.6. The van der Waals surface area contributed by atoms with Crippen LogP contribution in [-0.2, 0) is 24.7 Å². The molecule has 0 fully saturated rings. The van der Waals surface area contributed by atoms with Gasteiger partial charge in [0.05, 0.1) is 18.2 Å². The molecule has 0 aromatic heterocycles. The van der Waals surface area contributed by atoms with Crippen LogP contribution in [0.4, 0.5) is 0 Å². The number of fused-ring (bicyclic) bond motifs is 6. The maximum atomic E-state index is 14.3. The lowest BCUT2D eigenvalue weighted by Crippen LogP contribution is -2.52. The van der Waals surface area contributed by atoms with Crippen molar-refractivity contribution in [3.63, 3.8) is 0 Å². The first kappa shape index (κ1) is 30.6. The molecule has 2 amide bonds. The molecular formula is C34H36N2O8. The van der Waals surface area contributed by atoms with Gasteiger partial charge in [-0.15, -0.1) is 0 Å². The first-order valence-corrected chi connectivity index (χ1v) is 14.7. The van der Waals surface area contributed by atoms with E-state index in [9.17, 15) is 24.3 Å². The third-order valence-electron chi connectivity index (χ3n) is 8.13. The molecule has 0 saturated heterocycles. The highest BCUT2D eigenvalue weighted by molar-refractivity contribution is 6.09. The fraction of sp³-hybridized carbons (Fsp3) is 0.353. The van der Waals surface area contributed by atoms with E-state index in [2.05, 4.69) is 10.1 Å². The van der Waals surface area contributed by atoms with Crippen LogP contribution < -0.4 is 10.1 Å². The van der Waals surface area contributed by atoms with Crippen molar-refractivity contribution in [2.24, 2.45) is 5.92 Å². The number of esters is 2. The molecule has 2 N–H and O–H groups in total. The number of nitrogens with zero attached hydrogens (tertiary/aromatic N) is 1. The second-order valence-electron chi connectivity index (χ2n) is 11.3. The highest BCUT2D eigenvalue weighted by Gasteiger charge is 2.55. The number of phenols is 1. The van der Waals surface area contributed by atoms with Gasteiger partial charge in [-0.3, -0.25) is 14.4 Å². The zero-order chi connectivity index (χ0) is 31.8. The van der Waals surface area contributed by atoms with Crippen molar-refractivity contribution < 1.29 is 38.5 Å². The molecule has 2 heterocycles. The minimum absolute atomic E-state index is 0.00892. The monoisotopic (exact) mass is 600 g/mol. The number of aromatic hydroxyl groups is 1. The third-order valence-corrected chi connectivity index (χ3v) is 8.13. The molecule has 3 aromatic rings. The lowest BCUT2D eigenvalue weighted by molar-refractivity contribution is -0.140. The summed E-state index contributed by atoms with van der Waals surface area (Å²) in [7, 11) is 1.31. The summed E-state index contributed by atoms with van der Waals surface area (Å²) in [6, 6.07) is 14.4. The predicted molar refractivity (Wildman–Crippen MR) is 161 cm³/mol. The smallest absolute Gasteiger partial charge is 0.340 e. The number of carbonyl (C=O) groups is 4. The number of carbonyl (C=O) groups excluding carboxylic acids is 4. The van der Waals surface area contributed by atoms with Crippen LogP contribution in [0, 0.1) is 12.8 Å². The summed E-state index contributed by atoms with van der Waals surface area (Å²) in [6.07, 6.45) is 0.559. The topological polar surface area (TPSA) is 131 Å². The van der Waals surface area contributed by atoms with Gasteiger partial charge in [0.15, 0.2) is 5.60 Å². The summed E-state index contributed by atoms with van der Waals surface area (Å²) in [5.41, 5.74) is 1.33. The fourth-order valence-corrected chi connectivity index (χ4v) is 6.12. The summed E-state index contributed by atoms with van der Waals surface area (Å²) in [5, 5.41) is 13.1. The number of likely N-dealkylation sites (N-methyl/N-ethyl adjacent to an activating group) is 1. The number of methoxy groups -OCH3 is 1. The van der Waals surface area contributed by atoms with E-state index in [1.54, 1.807) is 31.2 Å². The van der Waals surface area contributed by atoms with Crippen LogP contribution in [0.25, 0.3) is 0 Å². The number of benzene rings is 3. The Morgan fingerprint density at radius 1 is 1.02 bits per heavy atom. The van der Waals surface area contributed by atoms with E-state index >= 15 is 0 Å². The zero-order valence-corrected chi connectivity index (χ0v) is 25.4. The van der Waals surface area contributed by atoms with Gasteiger partial charge in [0.25, 0.3) is 5.91 Å². The predicted octanol–water partition coefficient (Wildman–Crippen LogP) is 4.82. The first-order valence-electron chi connectivity index (χ1n) is 14.7.